The normalized spacial score (nSPS) is 27.5. The summed E-state index contributed by atoms with van der Waals surface area (Å²) in [7, 11) is 0. The van der Waals surface area contributed by atoms with Crippen LogP contribution in [0, 0.1) is 0 Å². The lowest BCUT2D eigenvalue weighted by Gasteiger charge is -2.48. The summed E-state index contributed by atoms with van der Waals surface area (Å²) in [5.74, 6) is 0. The molecule has 2 fully saturated rings. The van der Waals surface area contributed by atoms with E-state index < -0.39 is 0 Å². The van der Waals surface area contributed by atoms with Gasteiger partial charge in [0, 0.05) is 29.6 Å². The molecular formula is C15H19BrCl2N2. The molecule has 3 rings (SSSR count). The zero-order valence-corrected chi connectivity index (χ0v) is 14.7. The van der Waals surface area contributed by atoms with Gasteiger partial charge in [-0.2, -0.15) is 0 Å². The van der Waals surface area contributed by atoms with E-state index in [1.165, 1.54) is 25.8 Å². The van der Waals surface area contributed by atoms with Crippen molar-refractivity contribution in [2.75, 3.05) is 24.5 Å². The smallest absolute Gasteiger partial charge is 0.0837 e. The van der Waals surface area contributed by atoms with Crippen molar-refractivity contribution < 1.29 is 0 Å². The van der Waals surface area contributed by atoms with Crippen LogP contribution in [0.15, 0.2) is 16.6 Å². The van der Waals surface area contributed by atoms with Gasteiger partial charge in [0.05, 0.1) is 15.7 Å². The lowest BCUT2D eigenvalue weighted by Crippen LogP contribution is -2.58. The molecule has 5 heteroatoms. The standard InChI is InChI=1S/C15H19BrCl2N2/c1-10-8-19-7-3-2-4-11(19)9-20(10)13-6-5-12(16)14(17)15(13)18/h5-6,10-11H,2-4,7-9H2,1H3. The molecule has 2 aliphatic heterocycles. The molecule has 2 unspecified atom stereocenters. The molecule has 0 aliphatic carbocycles. The highest BCUT2D eigenvalue weighted by Gasteiger charge is 2.34. The van der Waals surface area contributed by atoms with Gasteiger partial charge in [-0.15, -0.1) is 0 Å². The fourth-order valence-corrected chi connectivity index (χ4v) is 4.30. The lowest BCUT2D eigenvalue weighted by atomic mass is 9.96. The van der Waals surface area contributed by atoms with E-state index in [0.717, 1.165) is 23.2 Å². The maximum absolute atomic E-state index is 6.46. The molecule has 0 aromatic heterocycles. The Kier molecular flexibility index (Phi) is 4.51. The van der Waals surface area contributed by atoms with Gasteiger partial charge in [0.25, 0.3) is 0 Å². The van der Waals surface area contributed by atoms with Crippen molar-refractivity contribution in [3.8, 4) is 0 Å². The first-order valence-corrected chi connectivity index (χ1v) is 8.77. The van der Waals surface area contributed by atoms with E-state index in [4.69, 9.17) is 23.2 Å². The van der Waals surface area contributed by atoms with Crippen molar-refractivity contribution in [1.29, 1.82) is 0 Å². The maximum Gasteiger partial charge on any atom is 0.0837 e. The molecule has 0 saturated carbocycles. The topological polar surface area (TPSA) is 6.48 Å². The van der Waals surface area contributed by atoms with Crippen LogP contribution in [0.25, 0.3) is 0 Å². The van der Waals surface area contributed by atoms with Gasteiger partial charge in [-0.3, -0.25) is 4.90 Å². The molecule has 1 aromatic rings. The predicted molar refractivity (Wildman–Crippen MR) is 90.2 cm³/mol. The zero-order valence-electron chi connectivity index (χ0n) is 11.6. The van der Waals surface area contributed by atoms with Crippen LogP contribution in [0.1, 0.15) is 26.2 Å². The van der Waals surface area contributed by atoms with Gasteiger partial charge >= 0.3 is 0 Å². The first-order valence-electron chi connectivity index (χ1n) is 7.22. The zero-order chi connectivity index (χ0) is 14.3. The molecule has 0 N–H and O–H groups in total. The van der Waals surface area contributed by atoms with E-state index in [2.05, 4.69) is 38.7 Å². The van der Waals surface area contributed by atoms with Crippen molar-refractivity contribution in [3.05, 3.63) is 26.7 Å². The second-order valence-corrected chi connectivity index (χ2v) is 7.45. The third-order valence-corrected chi connectivity index (χ3v) is 6.27. The van der Waals surface area contributed by atoms with Gasteiger partial charge in [-0.1, -0.05) is 29.6 Å². The van der Waals surface area contributed by atoms with Crippen LogP contribution in [0.3, 0.4) is 0 Å². The van der Waals surface area contributed by atoms with E-state index in [1.807, 2.05) is 6.07 Å². The molecule has 2 heterocycles. The minimum absolute atomic E-state index is 0.471. The number of hydrogen-bond donors (Lipinski definition) is 0. The molecule has 2 saturated heterocycles. The predicted octanol–water partition coefficient (Wildman–Crippen LogP) is 4.82. The monoisotopic (exact) mass is 376 g/mol. The Hall–Kier alpha value is 0.0400. The summed E-state index contributed by atoms with van der Waals surface area (Å²) in [6, 6.07) is 5.20. The second-order valence-electron chi connectivity index (χ2n) is 5.84. The highest BCUT2D eigenvalue weighted by atomic mass is 79.9. The molecule has 2 atom stereocenters. The molecule has 0 bridgehead atoms. The third kappa shape index (κ3) is 2.70. The largest absolute Gasteiger partial charge is 0.365 e. The van der Waals surface area contributed by atoms with Crippen LogP contribution in [0.5, 0.6) is 0 Å². The van der Waals surface area contributed by atoms with Crippen LogP contribution >= 0.6 is 39.1 Å². The minimum atomic E-state index is 0.471. The molecule has 2 nitrogen and oxygen atoms in total. The Bertz CT molecular complexity index is 509. The van der Waals surface area contributed by atoms with Gasteiger partial charge in [-0.05, 0) is 54.4 Å². The summed E-state index contributed by atoms with van der Waals surface area (Å²) < 4.78 is 0.858. The maximum atomic E-state index is 6.46. The number of nitrogens with zero attached hydrogens (tertiary/aromatic N) is 2. The molecule has 20 heavy (non-hydrogen) atoms. The third-order valence-electron chi connectivity index (χ3n) is 4.51. The van der Waals surface area contributed by atoms with E-state index in [0.29, 0.717) is 22.1 Å². The van der Waals surface area contributed by atoms with Gasteiger partial charge in [0.2, 0.25) is 0 Å². The molecule has 2 aliphatic rings. The van der Waals surface area contributed by atoms with E-state index >= 15 is 0 Å². The Morgan fingerprint density at radius 3 is 2.75 bits per heavy atom. The molecule has 110 valence electrons. The van der Waals surface area contributed by atoms with Crippen molar-refractivity contribution >= 4 is 44.8 Å². The van der Waals surface area contributed by atoms with Crippen LogP contribution in [0.2, 0.25) is 10.0 Å². The number of benzene rings is 1. The number of piperazine rings is 1. The van der Waals surface area contributed by atoms with Gasteiger partial charge < -0.3 is 4.90 Å². The SMILES string of the molecule is CC1CN2CCCCC2CN1c1ccc(Br)c(Cl)c1Cl. The fourth-order valence-electron chi connectivity index (χ4n) is 3.43. The van der Waals surface area contributed by atoms with Crippen LogP contribution in [-0.2, 0) is 0 Å². The quantitative estimate of drug-likeness (QED) is 0.647. The number of hydrogen-bond acceptors (Lipinski definition) is 2. The number of rotatable bonds is 1. The van der Waals surface area contributed by atoms with Crippen molar-refractivity contribution in [2.24, 2.45) is 0 Å². The molecule has 1 aromatic carbocycles. The van der Waals surface area contributed by atoms with Crippen LogP contribution < -0.4 is 4.90 Å². The summed E-state index contributed by atoms with van der Waals surface area (Å²) >= 11 is 16.2. The van der Waals surface area contributed by atoms with Crippen LogP contribution in [0.4, 0.5) is 5.69 Å². The Balaban J connectivity index is 1.88. The molecular weight excluding hydrogens is 359 g/mol. The first-order chi connectivity index (χ1) is 9.58. The van der Waals surface area contributed by atoms with Gasteiger partial charge in [-0.25, -0.2) is 0 Å². The van der Waals surface area contributed by atoms with E-state index in [-0.39, 0.29) is 0 Å². The average molecular weight is 378 g/mol. The summed E-state index contributed by atoms with van der Waals surface area (Å²) in [6.07, 6.45) is 3.98. The highest BCUT2D eigenvalue weighted by Crippen LogP contribution is 2.40. The van der Waals surface area contributed by atoms with Crippen LogP contribution in [-0.4, -0.2) is 36.6 Å². The lowest BCUT2D eigenvalue weighted by molar-refractivity contribution is 0.115. The summed E-state index contributed by atoms with van der Waals surface area (Å²) in [5, 5.41) is 1.28. The first kappa shape index (κ1) is 15.0. The van der Waals surface area contributed by atoms with Crippen molar-refractivity contribution in [1.82, 2.24) is 4.90 Å². The van der Waals surface area contributed by atoms with Crippen molar-refractivity contribution in [2.45, 2.75) is 38.3 Å². The number of halogens is 3. The Morgan fingerprint density at radius 2 is 1.95 bits per heavy atom. The summed E-state index contributed by atoms with van der Waals surface area (Å²) in [5.41, 5.74) is 1.07. The number of anilines is 1. The molecule has 0 radical (unpaired) electrons. The summed E-state index contributed by atoms with van der Waals surface area (Å²) in [6.45, 7) is 5.70. The molecule has 0 spiro atoms. The van der Waals surface area contributed by atoms with E-state index in [9.17, 15) is 0 Å². The molecule has 0 amide bonds. The summed E-state index contributed by atoms with van der Waals surface area (Å²) in [4.78, 5) is 5.06. The van der Waals surface area contributed by atoms with E-state index in [1.54, 1.807) is 0 Å². The fraction of sp³-hybridized carbons (Fsp3) is 0.600. The Labute approximate surface area is 139 Å². The second kappa shape index (κ2) is 6.04. The average Bonchev–Trinajstić information content (AvgIpc) is 2.45. The Morgan fingerprint density at radius 1 is 1.15 bits per heavy atom. The highest BCUT2D eigenvalue weighted by molar-refractivity contribution is 9.10. The minimum Gasteiger partial charge on any atom is -0.365 e. The number of piperidine rings is 1. The van der Waals surface area contributed by atoms with Gasteiger partial charge in [0.15, 0.2) is 0 Å². The number of fused-ring (bicyclic) bond motifs is 1. The van der Waals surface area contributed by atoms with Crippen molar-refractivity contribution in [3.63, 3.8) is 0 Å². The van der Waals surface area contributed by atoms with Gasteiger partial charge in [0.1, 0.15) is 0 Å².